The Balaban J connectivity index is -0.000000107. The summed E-state index contributed by atoms with van der Waals surface area (Å²) in [6.45, 7) is 6.39. The van der Waals surface area contributed by atoms with Gasteiger partial charge in [0.05, 0.1) is 0 Å². The van der Waals surface area contributed by atoms with Crippen LogP contribution in [0.15, 0.2) is 0 Å². The molecule has 0 aliphatic rings. The van der Waals surface area contributed by atoms with Crippen molar-refractivity contribution in [2.45, 2.75) is 13.8 Å². The molecule has 0 amide bonds. The Labute approximate surface area is 61.7 Å². The van der Waals surface area contributed by atoms with Crippen LogP contribution in [0.1, 0.15) is 15.3 Å². The number of rotatable bonds is 3. The van der Waals surface area contributed by atoms with Gasteiger partial charge in [0.2, 0.25) is 0 Å². The van der Waals surface area contributed by atoms with Crippen LogP contribution in [0.2, 0.25) is 0 Å². The molecule has 0 aromatic rings. The maximum atomic E-state index is 8.93. The van der Waals surface area contributed by atoms with Gasteiger partial charge in [-0.05, 0) is 13.1 Å². The van der Waals surface area contributed by atoms with Gasteiger partial charge in [-0.2, -0.15) is 0 Å². The molecule has 0 spiro atoms. The molecular formula is C4H14NO4P. The van der Waals surface area contributed by atoms with Gasteiger partial charge >= 0.3 is 7.91 Å². The van der Waals surface area contributed by atoms with E-state index in [-0.39, 0.29) is 1.43 Å². The summed E-state index contributed by atoms with van der Waals surface area (Å²) in [7, 11) is -3.04. The molecule has 0 saturated carbocycles. The average molecular weight is 171 g/mol. The van der Waals surface area contributed by atoms with E-state index in [1.165, 1.54) is 0 Å². The molecule has 0 rings (SSSR count). The third-order valence-corrected chi connectivity index (χ3v) is 0.700. The zero-order valence-electron chi connectivity index (χ0n) is 6.03. The molecule has 0 aromatic carbocycles. The Morgan fingerprint density at radius 3 is 1.80 bits per heavy atom. The lowest BCUT2D eigenvalue weighted by atomic mass is 10.7. The van der Waals surface area contributed by atoms with E-state index in [4.69, 9.17) is 14.4 Å². The van der Waals surface area contributed by atoms with Gasteiger partial charge in [-0.3, -0.25) is 0 Å². The second-order valence-electron chi connectivity index (χ2n) is 1.26. The van der Waals surface area contributed by atoms with Crippen molar-refractivity contribution in [3.05, 3.63) is 0 Å². The first-order chi connectivity index (χ1) is 4.68. The normalized spacial score (nSPS) is 7.90. The smallest absolute Gasteiger partial charge is 0.317 e. The molecular weight excluding hydrogens is 157 g/mol. The minimum atomic E-state index is -3.04. The van der Waals surface area contributed by atoms with Crippen LogP contribution < -0.4 is 5.32 Å². The summed E-state index contributed by atoms with van der Waals surface area (Å²) in [6.07, 6.45) is 0. The standard InChI is InChI=1S/C4H11N.HO4P.H2/c1-3-5-4-2;1-4-5(2)3;/h5H,3-4H2,1-2H3;1H;1H. The lowest BCUT2D eigenvalue weighted by molar-refractivity contribution is -0.132. The van der Waals surface area contributed by atoms with Crippen molar-refractivity contribution in [3.8, 4) is 0 Å². The molecule has 0 fully saturated rings. The second-order valence-corrected chi connectivity index (χ2v) is 1.87. The fraction of sp³-hybridized carbons (Fsp3) is 1.00. The highest BCUT2D eigenvalue weighted by Gasteiger charge is 1.75. The van der Waals surface area contributed by atoms with Crippen LogP contribution in [-0.2, 0) is 13.8 Å². The largest absolute Gasteiger partial charge is 0.496 e. The SMILES string of the molecule is CCNCC.O=P(=O)OO.[HH]. The molecule has 0 atom stereocenters. The maximum absolute atomic E-state index is 8.93. The second kappa shape index (κ2) is 11.6. The van der Waals surface area contributed by atoms with Crippen LogP contribution in [-0.4, -0.2) is 18.3 Å². The molecule has 10 heavy (non-hydrogen) atoms. The fourth-order valence-corrected chi connectivity index (χ4v) is 0.250. The molecule has 0 aromatic heterocycles. The van der Waals surface area contributed by atoms with E-state index >= 15 is 0 Å². The predicted molar refractivity (Wildman–Crippen MR) is 38.3 cm³/mol. The summed E-state index contributed by atoms with van der Waals surface area (Å²) < 4.78 is 20.6. The molecule has 0 unspecified atom stereocenters. The molecule has 6 heteroatoms. The summed E-state index contributed by atoms with van der Waals surface area (Å²) in [4.78, 5) is 0. The van der Waals surface area contributed by atoms with E-state index in [9.17, 15) is 0 Å². The first-order valence-corrected chi connectivity index (χ1v) is 3.95. The van der Waals surface area contributed by atoms with Crippen molar-refractivity contribution < 1.29 is 20.5 Å². The van der Waals surface area contributed by atoms with Crippen molar-refractivity contribution in [1.29, 1.82) is 0 Å². The van der Waals surface area contributed by atoms with E-state index in [2.05, 4.69) is 23.8 Å². The third-order valence-electron chi connectivity index (χ3n) is 0.567. The van der Waals surface area contributed by atoms with Crippen LogP contribution >= 0.6 is 7.91 Å². The van der Waals surface area contributed by atoms with Crippen molar-refractivity contribution in [3.63, 3.8) is 0 Å². The average Bonchev–Trinajstić information content (AvgIpc) is 1.91. The van der Waals surface area contributed by atoms with Crippen molar-refractivity contribution in [1.82, 2.24) is 5.32 Å². The highest BCUT2D eigenvalue weighted by Crippen LogP contribution is 1.97. The Morgan fingerprint density at radius 2 is 1.80 bits per heavy atom. The Kier molecular flexibility index (Phi) is 14.4. The van der Waals surface area contributed by atoms with Crippen molar-refractivity contribution in [2.75, 3.05) is 13.1 Å². The first kappa shape index (κ1) is 12.5. The highest BCUT2D eigenvalue weighted by atomic mass is 31.1. The van der Waals surface area contributed by atoms with Gasteiger partial charge in [0.1, 0.15) is 0 Å². The lowest BCUT2D eigenvalue weighted by Gasteiger charge is -1.86. The Bertz CT molecular complexity index is 109. The molecule has 0 saturated heterocycles. The lowest BCUT2D eigenvalue weighted by Crippen LogP contribution is -2.09. The maximum Gasteiger partial charge on any atom is 0.496 e. The van der Waals surface area contributed by atoms with Gasteiger partial charge in [0.25, 0.3) is 0 Å². The molecule has 5 nitrogen and oxygen atoms in total. The molecule has 2 N–H and O–H groups in total. The van der Waals surface area contributed by atoms with Gasteiger partial charge in [0.15, 0.2) is 0 Å². The van der Waals surface area contributed by atoms with E-state index in [0.717, 1.165) is 13.1 Å². The first-order valence-electron chi connectivity index (χ1n) is 2.85. The van der Waals surface area contributed by atoms with Gasteiger partial charge in [-0.15, -0.1) is 4.67 Å². The minimum absolute atomic E-state index is 0. The fourth-order valence-electron chi connectivity index (χ4n) is 0.250. The van der Waals surface area contributed by atoms with Crippen LogP contribution in [0.25, 0.3) is 0 Å². The minimum Gasteiger partial charge on any atom is -0.317 e. The quantitative estimate of drug-likeness (QED) is 0.381. The van der Waals surface area contributed by atoms with E-state index in [0.29, 0.717) is 0 Å². The van der Waals surface area contributed by atoms with Crippen LogP contribution in [0.4, 0.5) is 0 Å². The van der Waals surface area contributed by atoms with Gasteiger partial charge in [0, 0.05) is 1.43 Å². The van der Waals surface area contributed by atoms with E-state index < -0.39 is 7.91 Å². The van der Waals surface area contributed by atoms with Crippen molar-refractivity contribution in [2.24, 2.45) is 0 Å². The predicted octanol–water partition coefficient (Wildman–Crippen LogP) is 1.43. The Hall–Kier alpha value is -0.220. The molecule has 0 aliphatic heterocycles. The monoisotopic (exact) mass is 171 g/mol. The topological polar surface area (TPSA) is 75.6 Å². The van der Waals surface area contributed by atoms with Crippen LogP contribution in [0, 0.1) is 0 Å². The van der Waals surface area contributed by atoms with Crippen molar-refractivity contribution >= 4 is 7.91 Å². The zero-order chi connectivity index (χ0) is 8.41. The molecule has 0 heterocycles. The molecule has 64 valence electrons. The molecule has 0 bridgehead atoms. The summed E-state index contributed by atoms with van der Waals surface area (Å²) in [6, 6.07) is 0. The number of hydrogen-bond donors (Lipinski definition) is 2. The summed E-state index contributed by atoms with van der Waals surface area (Å²) in [5.41, 5.74) is 0. The van der Waals surface area contributed by atoms with Crippen LogP contribution in [0.3, 0.4) is 0 Å². The number of nitrogens with one attached hydrogen (secondary N) is 1. The summed E-state index contributed by atoms with van der Waals surface area (Å²) in [5.74, 6) is 0. The summed E-state index contributed by atoms with van der Waals surface area (Å²) in [5, 5.41) is 10.2. The highest BCUT2D eigenvalue weighted by molar-refractivity contribution is 7.24. The Morgan fingerprint density at radius 1 is 1.50 bits per heavy atom. The van der Waals surface area contributed by atoms with Crippen LogP contribution in [0.5, 0.6) is 0 Å². The van der Waals surface area contributed by atoms with Gasteiger partial charge in [-0.25, -0.2) is 14.4 Å². The number of hydrogen-bond acceptors (Lipinski definition) is 5. The zero-order valence-corrected chi connectivity index (χ0v) is 6.93. The third kappa shape index (κ3) is 25.0. The van der Waals surface area contributed by atoms with E-state index in [1.54, 1.807) is 0 Å². The van der Waals surface area contributed by atoms with Gasteiger partial charge < -0.3 is 5.32 Å². The molecule has 0 aliphatic carbocycles. The van der Waals surface area contributed by atoms with Gasteiger partial charge in [-0.1, -0.05) is 13.8 Å². The van der Waals surface area contributed by atoms with E-state index in [1.807, 2.05) is 0 Å². The summed E-state index contributed by atoms with van der Waals surface area (Å²) >= 11 is 0. The molecule has 0 radical (unpaired) electrons.